The molecule has 0 heterocycles. The number of rotatable bonds is 2. The van der Waals surface area contributed by atoms with E-state index in [9.17, 15) is 0 Å². The third-order valence-corrected chi connectivity index (χ3v) is 9.31. The Morgan fingerprint density at radius 1 is 2.00 bits per heavy atom. The fraction of sp³-hybridized carbons (Fsp3) is 0.500. The molecule has 0 atom stereocenters. The van der Waals surface area contributed by atoms with Crippen molar-refractivity contribution in [3.05, 3.63) is 12.2 Å². The summed E-state index contributed by atoms with van der Waals surface area (Å²) in [6.45, 7) is 5.91. The van der Waals surface area contributed by atoms with Crippen molar-refractivity contribution in [2.45, 2.75) is 10.9 Å². The predicted molar refractivity (Wildman–Crippen MR) is 33.6 cm³/mol. The Hall–Kier alpha value is 1.41. The third-order valence-electron chi connectivity index (χ3n) is 0.521. The summed E-state index contributed by atoms with van der Waals surface area (Å²) >= 11 is 2.22. The van der Waals surface area contributed by atoms with Crippen molar-refractivity contribution in [1.82, 2.24) is 0 Å². The molecule has 2 heteroatoms. The Labute approximate surface area is 60.2 Å². The third kappa shape index (κ3) is 5.41. The zero-order chi connectivity index (χ0) is 4.99. The Kier molecular flexibility index (Phi) is 5.63. The Bertz CT molecular complexity index is 51.5. The molecule has 0 rings (SSSR count). The molecule has 0 saturated carbocycles. The topological polar surface area (TPSA) is 0 Å². The van der Waals surface area contributed by atoms with Crippen LogP contribution in [0.3, 0.4) is 0 Å². The van der Waals surface area contributed by atoms with Gasteiger partial charge in [0.15, 0.2) is 0 Å². The number of halogens is 1. The number of hydrogen-bond acceptors (Lipinski definition) is 0. The van der Waals surface area contributed by atoms with Crippen LogP contribution in [0.2, 0.25) is 3.93 Å². The Balaban J connectivity index is 2.83. The molecule has 0 bridgehead atoms. The van der Waals surface area contributed by atoms with Crippen LogP contribution in [-0.2, 0) is 20.2 Å². The van der Waals surface area contributed by atoms with Crippen LogP contribution in [0.15, 0.2) is 12.2 Å². The zero-order valence-electron chi connectivity index (χ0n) is 4.00. The van der Waals surface area contributed by atoms with Gasteiger partial charge in [-0.15, -0.1) is 0 Å². The first kappa shape index (κ1) is 7.41. The molecule has 0 aromatic rings. The second kappa shape index (κ2) is 4.56. The van der Waals surface area contributed by atoms with Gasteiger partial charge in [0.05, 0.1) is 0 Å². The molecule has 0 aliphatic carbocycles. The molecule has 0 radical (unpaired) electrons. The first-order valence-electron chi connectivity index (χ1n) is 1.97. The molecule has 0 nitrogen and oxygen atoms in total. The fourth-order valence-corrected chi connectivity index (χ4v) is 9.50. The molecule has 32 valence electrons. The van der Waals surface area contributed by atoms with Crippen molar-refractivity contribution in [2.75, 3.05) is 0 Å². The van der Waals surface area contributed by atoms with E-state index in [1.165, 1.54) is 9.50 Å². The van der Waals surface area contributed by atoms with E-state index in [1.807, 2.05) is 0 Å². The molecule has 0 spiro atoms. The molecule has 0 aromatic heterocycles. The van der Waals surface area contributed by atoms with Crippen LogP contribution >= 0.6 is 17.7 Å². The van der Waals surface area contributed by atoms with E-state index >= 15 is 0 Å². The van der Waals surface area contributed by atoms with Gasteiger partial charge in [0.1, 0.15) is 0 Å². The van der Waals surface area contributed by atoms with Gasteiger partial charge in [0, 0.05) is 0 Å². The summed E-state index contributed by atoms with van der Waals surface area (Å²) < 4.78 is 1.39. The van der Waals surface area contributed by atoms with Gasteiger partial charge in [0.2, 0.25) is 0 Å². The Morgan fingerprint density at radius 2 is 2.50 bits per heavy atom. The van der Waals surface area contributed by atoms with Gasteiger partial charge in [-0.2, -0.15) is 0 Å². The van der Waals surface area contributed by atoms with Gasteiger partial charge in [-0.05, 0) is 0 Å². The number of allylic oxidation sites excluding steroid dienone is 1. The molecule has 0 unspecified atom stereocenters. The zero-order valence-corrected chi connectivity index (χ0v) is 11.7. The van der Waals surface area contributed by atoms with Crippen molar-refractivity contribution >= 4 is 17.7 Å². The summed E-state index contributed by atoms with van der Waals surface area (Å²) in [5.41, 5.74) is 1.38. The van der Waals surface area contributed by atoms with Gasteiger partial charge in [-0.25, -0.2) is 0 Å². The van der Waals surface area contributed by atoms with Crippen LogP contribution in [0.1, 0.15) is 6.92 Å². The minimum atomic E-state index is -0.342. The molecule has 0 amide bonds. The van der Waals surface area contributed by atoms with Crippen molar-refractivity contribution in [3.63, 3.8) is 0 Å². The van der Waals surface area contributed by atoms with E-state index in [-0.39, 0.29) is 20.2 Å². The summed E-state index contributed by atoms with van der Waals surface area (Å²) in [5, 5.41) is 0. The van der Waals surface area contributed by atoms with E-state index in [1.54, 1.807) is 0 Å². The first-order valence-corrected chi connectivity index (χ1v) is 21.3. The molecule has 0 aliphatic rings. The standard InChI is InChI=1S/C4H7.Hg.HI/c1-4(2)3;;/h1-2H2,3H3;;1H/q;+1;/p-1. The quantitative estimate of drug-likeness (QED) is 0.391. The maximum absolute atomic E-state index is 3.80. The molecule has 0 aliphatic heterocycles. The van der Waals surface area contributed by atoms with Crippen molar-refractivity contribution in [2.24, 2.45) is 0 Å². The average Bonchev–Trinajstić information content (AvgIpc) is 1.35. The van der Waals surface area contributed by atoms with Crippen molar-refractivity contribution in [3.8, 4) is 0 Å². The van der Waals surface area contributed by atoms with Crippen LogP contribution in [0, 0.1) is 0 Å². The molecule has 0 fully saturated rings. The second-order valence-corrected chi connectivity index (χ2v) is 14.3. The van der Waals surface area contributed by atoms with Crippen LogP contribution in [0.25, 0.3) is 0 Å². The van der Waals surface area contributed by atoms with E-state index in [0.29, 0.717) is 0 Å². The van der Waals surface area contributed by atoms with Gasteiger partial charge < -0.3 is 0 Å². The van der Waals surface area contributed by atoms with Gasteiger partial charge in [0.25, 0.3) is 0 Å². The molecular formula is C4H7HgI. The van der Waals surface area contributed by atoms with Crippen LogP contribution in [-0.4, -0.2) is 0 Å². The first-order chi connectivity index (χ1) is 2.77. The van der Waals surface area contributed by atoms with Crippen LogP contribution < -0.4 is 0 Å². The summed E-state index contributed by atoms with van der Waals surface area (Å²) in [7, 11) is 0. The predicted octanol–water partition coefficient (Wildman–Crippen LogP) is 2.41. The summed E-state index contributed by atoms with van der Waals surface area (Å²) in [5.74, 6) is 0. The van der Waals surface area contributed by atoms with E-state index in [2.05, 4.69) is 31.2 Å². The summed E-state index contributed by atoms with van der Waals surface area (Å²) in [6.07, 6.45) is 0. The van der Waals surface area contributed by atoms with Crippen LogP contribution in [0.5, 0.6) is 0 Å². The molecule has 6 heavy (non-hydrogen) atoms. The number of hydrogen-bond donors (Lipinski definition) is 0. The Morgan fingerprint density at radius 3 is 2.50 bits per heavy atom. The summed E-state index contributed by atoms with van der Waals surface area (Å²) in [6, 6.07) is 0. The van der Waals surface area contributed by atoms with Gasteiger partial charge in [-0.3, -0.25) is 0 Å². The van der Waals surface area contributed by atoms with Crippen molar-refractivity contribution < 1.29 is 20.2 Å². The fourth-order valence-electron chi connectivity index (χ4n) is 0.161. The molecule has 0 saturated heterocycles. The van der Waals surface area contributed by atoms with Gasteiger partial charge >= 0.3 is 60.9 Å². The minimum absolute atomic E-state index is 0.342. The summed E-state index contributed by atoms with van der Waals surface area (Å²) in [4.78, 5) is 0. The average molecular weight is 383 g/mol. The van der Waals surface area contributed by atoms with E-state index < -0.39 is 0 Å². The van der Waals surface area contributed by atoms with E-state index in [4.69, 9.17) is 0 Å². The SMILES string of the molecule is C=C(C)[CH2][Hg][I]. The molecule has 0 N–H and O–H groups in total. The van der Waals surface area contributed by atoms with Gasteiger partial charge in [-0.1, -0.05) is 0 Å². The monoisotopic (exact) mass is 384 g/mol. The van der Waals surface area contributed by atoms with Crippen LogP contribution in [0.4, 0.5) is 0 Å². The molecular weight excluding hydrogens is 376 g/mol. The second-order valence-electron chi connectivity index (χ2n) is 1.40. The van der Waals surface area contributed by atoms with Crippen molar-refractivity contribution in [1.29, 1.82) is 0 Å². The normalized spacial score (nSPS) is 7.00. The molecule has 0 aromatic carbocycles. The maximum atomic E-state index is 3.80. The van der Waals surface area contributed by atoms with E-state index in [0.717, 1.165) is 0 Å².